The van der Waals surface area contributed by atoms with Crippen LogP contribution in [0.25, 0.3) is 0 Å². The Kier molecular flexibility index (Phi) is 11.3. The smallest absolute Gasteiger partial charge is 0.860 e. The first-order chi connectivity index (χ1) is 4.16. The zero-order valence-electron chi connectivity index (χ0n) is 5.61. The Bertz CT molecular complexity index is 101. The van der Waals surface area contributed by atoms with Gasteiger partial charge < -0.3 is 15.3 Å². The molecule has 0 bridgehead atoms. The Morgan fingerprint density at radius 1 is 1.70 bits per heavy atom. The van der Waals surface area contributed by atoms with Gasteiger partial charge >= 0.3 is 29.6 Å². The van der Waals surface area contributed by atoms with Crippen LogP contribution in [-0.2, 0) is 0 Å². The summed E-state index contributed by atoms with van der Waals surface area (Å²) in [6.45, 7) is -0.324. The number of hydrogen-bond acceptors (Lipinski definition) is 5. The molecule has 0 aromatic heterocycles. The van der Waals surface area contributed by atoms with Gasteiger partial charge in [0.25, 0.3) is 0 Å². The maximum atomic E-state index is 10.0. The quantitative estimate of drug-likeness (QED) is 0.348. The second-order valence-corrected chi connectivity index (χ2v) is 3.02. The minimum Gasteiger partial charge on any atom is -0.860 e. The standard InChI is InChI=1S/C4H8O3S2.Na/c5-1-3(6)2-9-4(7)8;/h3,5-6H,1-2H2,(H,7,8);/q;+1/p-1. The molecule has 0 fully saturated rings. The Morgan fingerprint density at radius 3 is 2.50 bits per heavy atom. The Balaban J connectivity index is 0. The number of rotatable bonds is 3. The van der Waals surface area contributed by atoms with Crippen LogP contribution >= 0.6 is 24.0 Å². The average Bonchev–Trinajstić information content (AvgIpc) is 1.83. The van der Waals surface area contributed by atoms with E-state index in [0.717, 1.165) is 11.8 Å². The van der Waals surface area contributed by atoms with E-state index in [1.54, 1.807) is 0 Å². The van der Waals surface area contributed by atoms with Crippen LogP contribution in [0.1, 0.15) is 0 Å². The maximum Gasteiger partial charge on any atom is 1.00 e. The Morgan fingerprint density at radius 2 is 2.20 bits per heavy atom. The van der Waals surface area contributed by atoms with Gasteiger partial charge in [-0.1, -0.05) is 12.2 Å². The first-order valence-corrected chi connectivity index (χ1v) is 3.69. The van der Waals surface area contributed by atoms with Crippen LogP contribution < -0.4 is 34.7 Å². The van der Waals surface area contributed by atoms with Gasteiger partial charge in [-0.2, -0.15) is 0 Å². The van der Waals surface area contributed by atoms with Crippen molar-refractivity contribution in [3.63, 3.8) is 0 Å². The summed E-state index contributed by atoms with van der Waals surface area (Å²) in [6.07, 6.45) is -0.832. The van der Waals surface area contributed by atoms with E-state index in [0.29, 0.717) is 0 Å². The van der Waals surface area contributed by atoms with Crippen molar-refractivity contribution in [1.82, 2.24) is 0 Å². The Labute approximate surface area is 91.1 Å². The summed E-state index contributed by atoms with van der Waals surface area (Å²) in [4.78, 5) is 0. The summed E-state index contributed by atoms with van der Waals surface area (Å²) < 4.78 is -0.456. The summed E-state index contributed by atoms with van der Waals surface area (Å²) in [5.41, 5.74) is 0. The molecule has 10 heavy (non-hydrogen) atoms. The number of aliphatic hydroxyl groups is 2. The van der Waals surface area contributed by atoms with Crippen molar-refractivity contribution in [2.24, 2.45) is 0 Å². The van der Waals surface area contributed by atoms with Gasteiger partial charge in [0.2, 0.25) is 0 Å². The molecule has 0 saturated carbocycles. The molecule has 0 amide bonds. The molecule has 6 heteroatoms. The van der Waals surface area contributed by atoms with Gasteiger partial charge in [0.05, 0.1) is 12.7 Å². The van der Waals surface area contributed by atoms with Crippen molar-refractivity contribution in [2.75, 3.05) is 12.4 Å². The van der Waals surface area contributed by atoms with E-state index >= 15 is 0 Å². The molecule has 0 aliphatic heterocycles. The maximum absolute atomic E-state index is 10.0. The zero-order valence-corrected chi connectivity index (χ0v) is 9.24. The molecule has 3 nitrogen and oxygen atoms in total. The molecule has 0 rings (SSSR count). The third-order valence-corrected chi connectivity index (χ3v) is 1.75. The van der Waals surface area contributed by atoms with Crippen molar-refractivity contribution in [1.29, 1.82) is 0 Å². The predicted molar refractivity (Wildman–Crippen MR) is 38.1 cm³/mol. The van der Waals surface area contributed by atoms with Crippen LogP contribution in [0.2, 0.25) is 0 Å². The number of thiocarbonyl (C=S) groups is 1. The second-order valence-electron chi connectivity index (χ2n) is 1.40. The number of thioether (sulfide) groups is 1. The molecular weight excluding hydrogens is 183 g/mol. The average molecular weight is 190 g/mol. The molecule has 0 saturated heterocycles. The molecule has 1 unspecified atom stereocenters. The molecule has 0 aromatic carbocycles. The van der Waals surface area contributed by atoms with Gasteiger partial charge in [-0.3, -0.25) is 0 Å². The summed E-state index contributed by atoms with van der Waals surface area (Å²) in [6, 6.07) is 0. The second kappa shape index (κ2) is 8.26. The van der Waals surface area contributed by atoms with Crippen LogP contribution in [0.3, 0.4) is 0 Å². The monoisotopic (exact) mass is 190 g/mol. The van der Waals surface area contributed by atoms with Crippen molar-refractivity contribution in [2.45, 2.75) is 6.10 Å². The minimum absolute atomic E-state index is 0. The summed E-state index contributed by atoms with van der Waals surface area (Å²) >= 11 is 5.01. The summed E-state index contributed by atoms with van der Waals surface area (Å²) in [5, 5.41) is 26.9. The Hall–Kier alpha value is 1.16. The van der Waals surface area contributed by atoms with Crippen LogP contribution in [0, 0.1) is 0 Å². The number of hydrogen-bond donors (Lipinski definition) is 2. The fourth-order valence-corrected chi connectivity index (χ4v) is 0.855. The van der Waals surface area contributed by atoms with Crippen molar-refractivity contribution >= 4 is 28.4 Å². The molecular formula is C4H7NaO3S2. The predicted octanol–water partition coefficient (Wildman–Crippen LogP) is -4.28. The third-order valence-electron chi connectivity index (χ3n) is 0.604. The van der Waals surface area contributed by atoms with E-state index in [4.69, 9.17) is 10.2 Å². The van der Waals surface area contributed by atoms with Crippen molar-refractivity contribution in [3.05, 3.63) is 0 Å². The van der Waals surface area contributed by atoms with E-state index < -0.39 is 10.5 Å². The van der Waals surface area contributed by atoms with Gasteiger partial charge in [0.1, 0.15) is 0 Å². The van der Waals surface area contributed by atoms with Gasteiger partial charge in [0.15, 0.2) is 0 Å². The first kappa shape index (κ1) is 13.7. The molecule has 54 valence electrons. The molecule has 0 aromatic rings. The van der Waals surface area contributed by atoms with E-state index in [2.05, 4.69) is 12.2 Å². The van der Waals surface area contributed by atoms with Gasteiger partial charge in [-0.25, -0.2) is 0 Å². The van der Waals surface area contributed by atoms with E-state index in [-0.39, 0.29) is 41.9 Å². The van der Waals surface area contributed by atoms with Crippen LogP contribution in [0.15, 0.2) is 0 Å². The van der Waals surface area contributed by atoms with E-state index in [1.165, 1.54) is 0 Å². The molecule has 0 spiro atoms. The van der Waals surface area contributed by atoms with Gasteiger partial charge in [-0.05, 0) is 4.38 Å². The molecule has 1 atom stereocenters. The molecule has 0 radical (unpaired) electrons. The molecule has 2 N–H and O–H groups in total. The summed E-state index contributed by atoms with van der Waals surface area (Å²) in [5.74, 6) is 0.179. The summed E-state index contributed by atoms with van der Waals surface area (Å²) in [7, 11) is 0. The van der Waals surface area contributed by atoms with Crippen LogP contribution in [0.4, 0.5) is 0 Å². The molecule has 0 aliphatic rings. The zero-order chi connectivity index (χ0) is 7.28. The fraction of sp³-hybridized carbons (Fsp3) is 0.750. The van der Waals surface area contributed by atoms with Crippen molar-refractivity contribution < 1.29 is 44.9 Å². The topological polar surface area (TPSA) is 63.5 Å². The van der Waals surface area contributed by atoms with Gasteiger partial charge in [0, 0.05) is 5.75 Å². The van der Waals surface area contributed by atoms with Crippen molar-refractivity contribution in [3.8, 4) is 0 Å². The normalized spacial score (nSPS) is 11.8. The van der Waals surface area contributed by atoms with E-state index in [1.807, 2.05) is 0 Å². The van der Waals surface area contributed by atoms with Crippen LogP contribution in [0.5, 0.6) is 0 Å². The minimum atomic E-state index is -0.832. The van der Waals surface area contributed by atoms with Gasteiger partial charge in [-0.15, -0.1) is 11.8 Å². The fourth-order valence-electron chi connectivity index (χ4n) is 0.217. The van der Waals surface area contributed by atoms with Crippen LogP contribution in [-0.4, -0.2) is 33.1 Å². The SMILES string of the molecule is [Na+].[O-]C(=S)SCC(O)CO. The molecule has 0 aliphatic carbocycles. The molecule has 0 heterocycles. The largest absolute Gasteiger partial charge is 1.00 e. The third kappa shape index (κ3) is 9.16. The number of aliphatic hydroxyl groups excluding tert-OH is 2. The first-order valence-electron chi connectivity index (χ1n) is 2.29. The van der Waals surface area contributed by atoms with E-state index in [9.17, 15) is 5.11 Å².